The first-order chi connectivity index (χ1) is 7.68. The van der Waals surface area contributed by atoms with Crippen LogP contribution in [-0.2, 0) is 4.79 Å². The van der Waals surface area contributed by atoms with E-state index in [4.69, 9.17) is 5.73 Å². The monoisotopic (exact) mass is 217 g/mol. The highest BCUT2D eigenvalue weighted by Crippen LogP contribution is 2.36. The fourth-order valence-corrected chi connectivity index (χ4v) is 2.24. The Hall–Kier alpha value is -1.77. The second kappa shape index (κ2) is 4.39. The van der Waals surface area contributed by atoms with Gasteiger partial charge >= 0.3 is 0 Å². The third-order valence-corrected chi connectivity index (χ3v) is 3.12. The SMILES string of the molecule is NC(=O)C1CC=C(O)CC1c1ccccc1. The van der Waals surface area contributed by atoms with Crippen LogP contribution >= 0.6 is 0 Å². The van der Waals surface area contributed by atoms with Gasteiger partial charge in [0, 0.05) is 18.3 Å². The molecule has 0 aliphatic heterocycles. The Morgan fingerprint density at radius 1 is 1.31 bits per heavy atom. The molecule has 84 valence electrons. The number of amides is 1. The number of rotatable bonds is 2. The third-order valence-electron chi connectivity index (χ3n) is 3.12. The van der Waals surface area contributed by atoms with Gasteiger partial charge in [-0.05, 0) is 18.1 Å². The van der Waals surface area contributed by atoms with Crippen LogP contribution in [0.15, 0.2) is 42.2 Å². The number of carbonyl (C=O) groups is 1. The molecule has 1 aliphatic carbocycles. The van der Waals surface area contributed by atoms with Crippen molar-refractivity contribution in [1.82, 2.24) is 0 Å². The normalized spacial score (nSPS) is 24.9. The van der Waals surface area contributed by atoms with Crippen LogP contribution in [0, 0.1) is 5.92 Å². The molecule has 2 unspecified atom stereocenters. The van der Waals surface area contributed by atoms with Gasteiger partial charge in [-0.15, -0.1) is 0 Å². The zero-order chi connectivity index (χ0) is 11.5. The molecule has 1 aromatic carbocycles. The number of primary amides is 1. The van der Waals surface area contributed by atoms with Crippen LogP contribution in [-0.4, -0.2) is 11.0 Å². The van der Waals surface area contributed by atoms with Gasteiger partial charge in [-0.25, -0.2) is 0 Å². The smallest absolute Gasteiger partial charge is 0.221 e. The van der Waals surface area contributed by atoms with Gasteiger partial charge < -0.3 is 10.8 Å². The van der Waals surface area contributed by atoms with Crippen molar-refractivity contribution < 1.29 is 9.90 Å². The lowest BCUT2D eigenvalue weighted by Gasteiger charge is -2.27. The van der Waals surface area contributed by atoms with Gasteiger partial charge in [0.1, 0.15) is 0 Å². The van der Waals surface area contributed by atoms with Crippen molar-refractivity contribution in [2.75, 3.05) is 0 Å². The molecule has 0 heterocycles. The maximum atomic E-state index is 11.4. The van der Waals surface area contributed by atoms with Crippen molar-refractivity contribution in [3.05, 3.63) is 47.7 Å². The number of hydrogen-bond donors (Lipinski definition) is 2. The highest BCUT2D eigenvalue weighted by molar-refractivity contribution is 5.78. The van der Waals surface area contributed by atoms with Crippen molar-refractivity contribution in [1.29, 1.82) is 0 Å². The average molecular weight is 217 g/mol. The first-order valence-corrected chi connectivity index (χ1v) is 5.40. The molecular formula is C13H15NO2. The lowest BCUT2D eigenvalue weighted by molar-refractivity contribution is -0.122. The van der Waals surface area contributed by atoms with E-state index in [0.717, 1.165) is 5.56 Å². The molecule has 16 heavy (non-hydrogen) atoms. The summed E-state index contributed by atoms with van der Waals surface area (Å²) in [5, 5.41) is 9.55. The molecule has 2 rings (SSSR count). The number of benzene rings is 1. The average Bonchev–Trinajstić information content (AvgIpc) is 2.29. The van der Waals surface area contributed by atoms with Crippen molar-refractivity contribution in [3.63, 3.8) is 0 Å². The van der Waals surface area contributed by atoms with Gasteiger partial charge in [-0.1, -0.05) is 30.3 Å². The Labute approximate surface area is 94.6 Å². The number of aliphatic hydroxyl groups excluding tert-OH is 1. The van der Waals surface area contributed by atoms with Crippen LogP contribution in [0.4, 0.5) is 0 Å². The van der Waals surface area contributed by atoms with E-state index >= 15 is 0 Å². The largest absolute Gasteiger partial charge is 0.513 e. The molecule has 0 aromatic heterocycles. The summed E-state index contributed by atoms with van der Waals surface area (Å²) in [4.78, 5) is 11.4. The molecular weight excluding hydrogens is 202 g/mol. The van der Waals surface area contributed by atoms with Gasteiger partial charge in [0.25, 0.3) is 0 Å². The van der Waals surface area contributed by atoms with Crippen LogP contribution in [0.1, 0.15) is 24.3 Å². The van der Waals surface area contributed by atoms with Crippen LogP contribution in [0.3, 0.4) is 0 Å². The molecule has 0 bridgehead atoms. The first-order valence-electron chi connectivity index (χ1n) is 5.40. The molecule has 0 spiro atoms. The van der Waals surface area contributed by atoms with Crippen LogP contribution < -0.4 is 5.73 Å². The molecule has 0 saturated carbocycles. The molecule has 0 radical (unpaired) electrons. The number of aliphatic hydroxyl groups is 1. The molecule has 0 saturated heterocycles. The minimum absolute atomic E-state index is 0.00343. The fourth-order valence-electron chi connectivity index (χ4n) is 2.24. The minimum Gasteiger partial charge on any atom is -0.513 e. The predicted molar refractivity (Wildman–Crippen MR) is 61.8 cm³/mol. The first kappa shape index (κ1) is 10.7. The fraction of sp³-hybridized carbons (Fsp3) is 0.308. The van der Waals surface area contributed by atoms with E-state index in [9.17, 15) is 9.90 Å². The molecule has 3 N–H and O–H groups in total. The van der Waals surface area contributed by atoms with Crippen LogP contribution in [0.25, 0.3) is 0 Å². The summed E-state index contributed by atoms with van der Waals surface area (Å²) in [6.07, 6.45) is 2.72. The van der Waals surface area contributed by atoms with Crippen molar-refractivity contribution in [2.24, 2.45) is 11.7 Å². The van der Waals surface area contributed by atoms with E-state index in [2.05, 4.69) is 0 Å². The molecule has 3 heteroatoms. The summed E-state index contributed by atoms with van der Waals surface area (Å²) < 4.78 is 0. The standard InChI is InChI=1S/C13H15NO2/c14-13(16)11-7-6-10(15)8-12(11)9-4-2-1-3-5-9/h1-6,11-12,15H,7-8H2,(H2,14,16). The van der Waals surface area contributed by atoms with E-state index in [-0.39, 0.29) is 17.7 Å². The highest BCUT2D eigenvalue weighted by Gasteiger charge is 2.30. The lowest BCUT2D eigenvalue weighted by Crippen LogP contribution is -2.30. The van der Waals surface area contributed by atoms with Gasteiger partial charge in [-0.3, -0.25) is 4.79 Å². The van der Waals surface area contributed by atoms with Gasteiger partial charge in [0.05, 0.1) is 5.76 Å². The van der Waals surface area contributed by atoms with Crippen molar-refractivity contribution >= 4 is 5.91 Å². The number of carbonyl (C=O) groups excluding carboxylic acids is 1. The molecule has 0 fully saturated rings. The zero-order valence-corrected chi connectivity index (χ0v) is 8.97. The Kier molecular flexibility index (Phi) is 2.95. The Balaban J connectivity index is 2.30. The summed E-state index contributed by atoms with van der Waals surface area (Å²) in [5.74, 6) is -0.147. The Morgan fingerprint density at radius 3 is 2.62 bits per heavy atom. The maximum absolute atomic E-state index is 11.4. The molecule has 1 amide bonds. The van der Waals surface area contributed by atoms with Gasteiger partial charge in [0.15, 0.2) is 0 Å². The lowest BCUT2D eigenvalue weighted by atomic mass is 9.77. The topological polar surface area (TPSA) is 63.3 Å². The van der Waals surface area contributed by atoms with E-state index in [0.29, 0.717) is 18.6 Å². The second-order valence-corrected chi connectivity index (χ2v) is 4.16. The van der Waals surface area contributed by atoms with Gasteiger partial charge in [0.2, 0.25) is 5.91 Å². The summed E-state index contributed by atoms with van der Waals surface area (Å²) >= 11 is 0. The molecule has 1 aromatic rings. The van der Waals surface area contributed by atoms with E-state index in [1.165, 1.54) is 0 Å². The zero-order valence-electron chi connectivity index (χ0n) is 8.97. The number of allylic oxidation sites excluding steroid dienone is 2. The number of nitrogens with two attached hydrogens (primary N) is 1. The van der Waals surface area contributed by atoms with E-state index < -0.39 is 0 Å². The van der Waals surface area contributed by atoms with Crippen LogP contribution in [0.5, 0.6) is 0 Å². The summed E-state index contributed by atoms with van der Waals surface area (Å²) in [7, 11) is 0. The second-order valence-electron chi connectivity index (χ2n) is 4.16. The molecule has 2 atom stereocenters. The molecule has 1 aliphatic rings. The predicted octanol–water partition coefficient (Wildman–Crippen LogP) is 2.11. The Bertz CT molecular complexity index is 411. The van der Waals surface area contributed by atoms with Crippen LogP contribution in [0.2, 0.25) is 0 Å². The third kappa shape index (κ3) is 2.08. The number of hydrogen-bond acceptors (Lipinski definition) is 2. The maximum Gasteiger partial charge on any atom is 0.221 e. The molecule has 3 nitrogen and oxygen atoms in total. The van der Waals surface area contributed by atoms with E-state index in [1.807, 2.05) is 30.3 Å². The van der Waals surface area contributed by atoms with E-state index in [1.54, 1.807) is 6.08 Å². The quantitative estimate of drug-likeness (QED) is 0.796. The van der Waals surface area contributed by atoms with Crippen molar-refractivity contribution in [2.45, 2.75) is 18.8 Å². The summed E-state index contributed by atoms with van der Waals surface area (Å²) in [6.45, 7) is 0. The summed E-state index contributed by atoms with van der Waals surface area (Å²) in [5.41, 5.74) is 6.45. The van der Waals surface area contributed by atoms with Gasteiger partial charge in [-0.2, -0.15) is 0 Å². The van der Waals surface area contributed by atoms with Crippen molar-refractivity contribution in [3.8, 4) is 0 Å². The Morgan fingerprint density at radius 2 is 2.00 bits per heavy atom. The highest BCUT2D eigenvalue weighted by atomic mass is 16.3. The summed E-state index contributed by atoms with van der Waals surface area (Å²) in [6, 6.07) is 9.74. The minimum atomic E-state index is -0.294.